The number of nitrogens with one attached hydrogen (secondary N) is 1. The quantitative estimate of drug-likeness (QED) is 0.522. The summed E-state index contributed by atoms with van der Waals surface area (Å²) in [5.41, 5.74) is 3.11. The van der Waals surface area contributed by atoms with E-state index in [1.165, 1.54) is 0 Å². The predicted octanol–water partition coefficient (Wildman–Crippen LogP) is 2.86. The maximum Gasteiger partial charge on any atom is 0.221 e. The van der Waals surface area contributed by atoms with E-state index in [-0.39, 0.29) is 0 Å². The van der Waals surface area contributed by atoms with Crippen molar-refractivity contribution in [2.45, 2.75) is 13.5 Å². The number of rotatable bonds is 4. The summed E-state index contributed by atoms with van der Waals surface area (Å²) < 4.78 is 6.77. The van der Waals surface area contributed by atoms with Crippen LogP contribution < -0.4 is 5.32 Å². The van der Waals surface area contributed by atoms with E-state index in [4.69, 9.17) is 4.52 Å². The highest BCUT2D eigenvalue weighted by Gasteiger charge is 2.11. The third-order valence-corrected chi connectivity index (χ3v) is 4.11. The number of benzene rings is 1. The van der Waals surface area contributed by atoms with Gasteiger partial charge in [0.2, 0.25) is 5.65 Å². The fourth-order valence-electron chi connectivity index (χ4n) is 2.88. The number of pyridine rings is 1. The Morgan fingerprint density at radius 1 is 1.11 bits per heavy atom. The Kier molecular flexibility index (Phi) is 3.49. The van der Waals surface area contributed by atoms with Crippen LogP contribution >= 0.6 is 0 Å². The van der Waals surface area contributed by atoms with Gasteiger partial charge in [0.25, 0.3) is 0 Å². The van der Waals surface area contributed by atoms with Gasteiger partial charge >= 0.3 is 0 Å². The van der Waals surface area contributed by atoms with Gasteiger partial charge in [-0.1, -0.05) is 22.5 Å². The topological polar surface area (TPSA) is 107 Å². The molecule has 0 amide bonds. The Morgan fingerprint density at radius 3 is 2.96 bits per heavy atom. The zero-order valence-corrected chi connectivity index (χ0v) is 14.4. The molecule has 0 unspecified atom stereocenters. The van der Waals surface area contributed by atoms with E-state index in [2.05, 4.69) is 41.8 Å². The number of fused-ring (bicyclic) bond motifs is 2. The second kappa shape index (κ2) is 6.13. The second-order valence-corrected chi connectivity index (χ2v) is 6.13. The van der Waals surface area contributed by atoms with Gasteiger partial charge in [0.05, 0.1) is 18.3 Å². The molecular formula is C18H14N8O. The first kappa shape index (κ1) is 15.4. The molecule has 0 aliphatic rings. The zero-order chi connectivity index (χ0) is 18.2. The van der Waals surface area contributed by atoms with Crippen LogP contribution in [0.15, 0.2) is 53.3 Å². The van der Waals surface area contributed by atoms with Gasteiger partial charge in [-0.25, -0.2) is 14.6 Å². The first-order chi connectivity index (χ1) is 13.2. The number of anilines is 2. The van der Waals surface area contributed by atoms with Gasteiger partial charge in [0.15, 0.2) is 17.3 Å². The first-order valence-corrected chi connectivity index (χ1v) is 8.35. The van der Waals surface area contributed by atoms with Crippen molar-refractivity contribution >= 4 is 33.8 Å². The molecule has 0 atom stereocenters. The molecule has 0 saturated heterocycles. The van der Waals surface area contributed by atoms with Gasteiger partial charge in [-0.15, -0.1) is 5.10 Å². The largest absolute Gasteiger partial charge is 0.360 e. The fourth-order valence-corrected chi connectivity index (χ4v) is 2.88. The highest BCUT2D eigenvalue weighted by Crippen LogP contribution is 2.18. The number of aromatic nitrogens is 7. The average Bonchev–Trinajstić information content (AvgIpc) is 3.28. The smallest absolute Gasteiger partial charge is 0.221 e. The van der Waals surface area contributed by atoms with E-state index < -0.39 is 0 Å². The van der Waals surface area contributed by atoms with Crippen LogP contribution in [0.4, 0.5) is 11.6 Å². The molecule has 27 heavy (non-hydrogen) atoms. The zero-order valence-electron chi connectivity index (χ0n) is 14.4. The maximum atomic E-state index is 5.05. The minimum atomic E-state index is 0.485. The van der Waals surface area contributed by atoms with Crippen LogP contribution in [0.1, 0.15) is 11.3 Å². The summed E-state index contributed by atoms with van der Waals surface area (Å²) in [5, 5.41) is 16.3. The Hall–Kier alpha value is -3.88. The van der Waals surface area contributed by atoms with Crippen molar-refractivity contribution in [1.82, 2.24) is 35.1 Å². The van der Waals surface area contributed by atoms with E-state index in [0.29, 0.717) is 35.2 Å². The lowest BCUT2D eigenvalue weighted by Gasteiger charge is -2.05. The molecule has 9 heteroatoms. The molecule has 132 valence electrons. The molecule has 4 heterocycles. The Balaban J connectivity index is 1.47. The molecule has 0 radical (unpaired) electrons. The molecule has 1 aromatic carbocycles. The molecule has 0 bridgehead atoms. The van der Waals surface area contributed by atoms with Crippen molar-refractivity contribution in [1.29, 1.82) is 0 Å². The number of aryl methyl sites for hydroxylation is 1. The highest BCUT2D eigenvalue weighted by atomic mass is 16.5. The van der Waals surface area contributed by atoms with Crippen LogP contribution in [0, 0.1) is 6.92 Å². The van der Waals surface area contributed by atoms with E-state index >= 15 is 0 Å². The van der Waals surface area contributed by atoms with Crippen molar-refractivity contribution in [2.75, 3.05) is 5.32 Å². The molecule has 5 rings (SSSR count). The Bertz CT molecular complexity index is 1260. The molecular weight excluding hydrogens is 344 g/mol. The first-order valence-electron chi connectivity index (χ1n) is 8.35. The van der Waals surface area contributed by atoms with Gasteiger partial charge < -0.3 is 9.84 Å². The van der Waals surface area contributed by atoms with Gasteiger partial charge in [-0.3, -0.25) is 4.98 Å². The molecule has 5 aromatic rings. The molecule has 9 nitrogen and oxygen atoms in total. The summed E-state index contributed by atoms with van der Waals surface area (Å²) in [6.07, 6.45) is 3.38. The van der Waals surface area contributed by atoms with Crippen LogP contribution in [-0.2, 0) is 6.54 Å². The van der Waals surface area contributed by atoms with Gasteiger partial charge in [-0.05, 0) is 30.7 Å². The number of hydrogen-bond donors (Lipinski definition) is 1. The summed E-state index contributed by atoms with van der Waals surface area (Å²) in [6, 6.07) is 11.8. The van der Waals surface area contributed by atoms with Crippen molar-refractivity contribution in [3.05, 3.63) is 60.1 Å². The van der Waals surface area contributed by atoms with Crippen LogP contribution in [0.2, 0.25) is 0 Å². The molecule has 0 aliphatic heterocycles. The lowest BCUT2D eigenvalue weighted by molar-refractivity contribution is 0.400. The summed E-state index contributed by atoms with van der Waals surface area (Å²) >= 11 is 0. The van der Waals surface area contributed by atoms with Gasteiger partial charge in [0.1, 0.15) is 5.76 Å². The maximum absolute atomic E-state index is 5.05. The van der Waals surface area contributed by atoms with E-state index in [1.54, 1.807) is 23.1 Å². The summed E-state index contributed by atoms with van der Waals surface area (Å²) in [5.74, 6) is 1.83. The van der Waals surface area contributed by atoms with Crippen LogP contribution in [0.25, 0.3) is 22.2 Å². The minimum absolute atomic E-state index is 0.485. The molecule has 0 spiro atoms. The second-order valence-electron chi connectivity index (χ2n) is 6.13. The number of nitrogens with zero attached hydrogens (tertiary/aromatic N) is 7. The standard InChI is InChI=1S/C18H14N8O/c1-11-7-15(24-27-11)21-16-9-20-17-18(22-16)26(25-23-17)10-12-4-5-14-13(8-12)3-2-6-19-14/h2-9H,10H2,1H3,(H,21,22,24). The van der Waals surface area contributed by atoms with Crippen molar-refractivity contribution in [3.63, 3.8) is 0 Å². The Labute approximate surface area is 153 Å². The predicted molar refractivity (Wildman–Crippen MR) is 98.5 cm³/mol. The number of hydrogen-bond acceptors (Lipinski definition) is 8. The van der Waals surface area contributed by atoms with Crippen molar-refractivity contribution in [2.24, 2.45) is 0 Å². The van der Waals surface area contributed by atoms with E-state index in [1.807, 2.05) is 31.2 Å². The SMILES string of the molecule is Cc1cc(Nc2cnc3nnn(Cc4ccc5ncccc5c4)c3n2)no1. The van der Waals surface area contributed by atoms with E-state index in [9.17, 15) is 0 Å². The van der Waals surface area contributed by atoms with Crippen molar-refractivity contribution in [3.8, 4) is 0 Å². The highest BCUT2D eigenvalue weighted by molar-refractivity contribution is 5.79. The normalized spacial score (nSPS) is 11.3. The minimum Gasteiger partial charge on any atom is -0.360 e. The lowest BCUT2D eigenvalue weighted by atomic mass is 10.1. The summed E-state index contributed by atoms with van der Waals surface area (Å²) in [7, 11) is 0. The van der Waals surface area contributed by atoms with Gasteiger partial charge in [0, 0.05) is 17.6 Å². The molecule has 0 aliphatic carbocycles. The Morgan fingerprint density at radius 2 is 2.07 bits per heavy atom. The van der Waals surface area contributed by atoms with Crippen molar-refractivity contribution < 1.29 is 4.52 Å². The third kappa shape index (κ3) is 2.95. The van der Waals surface area contributed by atoms with Crippen LogP contribution in [0.3, 0.4) is 0 Å². The fraction of sp³-hybridized carbons (Fsp3) is 0.111. The lowest BCUT2D eigenvalue weighted by Crippen LogP contribution is -2.04. The molecule has 4 aromatic heterocycles. The van der Waals surface area contributed by atoms with Crippen LogP contribution in [0.5, 0.6) is 0 Å². The third-order valence-electron chi connectivity index (χ3n) is 4.11. The monoisotopic (exact) mass is 358 g/mol. The summed E-state index contributed by atoms with van der Waals surface area (Å²) in [6.45, 7) is 2.35. The van der Waals surface area contributed by atoms with Gasteiger partial charge in [-0.2, -0.15) is 0 Å². The molecule has 0 fully saturated rings. The van der Waals surface area contributed by atoms with Crippen LogP contribution in [-0.4, -0.2) is 35.1 Å². The molecule has 1 N–H and O–H groups in total. The molecule has 0 saturated carbocycles. The summed E-state index contributed by atoms with van der Waals surface area (Å²) in [4.78, 5) is 13.2. The van der Waals surface area contributed by atoms with E-state index in [0.717, 1.165) is 16.5 Å². The average molecular weight is 358 g/mol.